The minimum atomic E-state index is 0.228. The van der Waals surface area contributed by atoms with Crippen LogP contribution in [0.25, 0.3) is 0 Å². The van der Waals surface area contributed by atoms with Crippen LogP contribution in [0.1, 0.15) is 49.7 Å². The van der Waals surface area contributed by atoms with Crippen LogP contribution in [-0.4, -0.2) is 73.0 Å². The Balaban J connectivity index is 1.66. The molecular formula is C19H32N6O. The van der Waals surface area contributed by atoms with Crippen LogP contribution in [-0.2, 0) is 11.3 Å². The van der Waals surface area contributed by atoms with E-state index in [-0.39, 0.29) is 11.9 Å². The highest BCUT2D eigenvalue weighted by Gasteiger charge is 2.22. The Morgan fingerprint density at radius 2 is 1.96 bits per heavy atom. The third kappa shape index (κ3) is 4.92. The highest BCUT2D eigenvalue weighted by atomic mass is 16.2. The molecule has 2 aliphatic rings. The van der Waals surface area contributed by atoms with Gasteiger partial charge in [0.1, 0.15) is 11.6 Å². The summed E-state index contributed by atoms with van der Waals surface area (Å²) in [5, 5.41) is 3.48. The summed E-state index contributed by atoms with van der Waals surface area (Å²) in [5.41, 5.74) is 0.973. The van der Waals surface area contributed by atoms with Crippen LogP contribution >= 0.6 is 0 Å². The number of aromatic nitrogens is 2. The largest absolute Gasteiger partial charge is 0.363 e. The van der Waals surface area contributed by atoms with E-state index in [1.807, 2.05) is 37.0 Å². The van der Waals surface area contributed by atoms with Crippen LogP contribution in [0.15, 0.2) is 6.07 Å². The van der Waals surface area contributed by atoms with Gasteiger partial charge in [0, 0.05) is 39.8 Å². The lowest BCUT2D eigenvalue weighted by molar-refractivity contribution is -0.133. The van der Waals surface area contributed by atoms with Crippen molar-refractivity contribution < 1.29 is 4.79 Å². The summed E-state index contributed by atoms with van der Waals surface area (Å²) in [6.45, 7) is 3.94. The molecule has 1 N–H and O–H groups in total. The lowest BCUT2D eigenvalue weighted by atomic mass is 10.1. The predicted molar refractivity (Wildman–Crippen MR) is 103 cm³/mol. The van der Waals surface area contributed by atoms with Crippen molar-refractivity contribution in [2.45, 2.75) is 44.7 Å². The molecule has 0 spiro atoms. The van der Waals surface area contributed by atoms with Gasteiger partial charge in [-0.25, -0.2) is 9.97 Å². The summed E-state index contributed by atoms with van der Waals surface area (Å²) < 4.78 is 0. The maximum atomic E-state index is 12.5. The van der Waals surface area contributed by atoms with Crippen molar-refractivity contribution in [1.82, 2.24) is 25.1 Å². The first-order valence-electron chi connectivity index (χ1n) is 9.78. The average molecular weight is 361 g/mol. The number of nitrogens with one attached hydrogen (secondary N) is 1. The summed E-state index contributed by atoms with van der Waals surface area (Å²) >= 11 is 0. The molecule has 3 heterocycles. The zero-order chi connectivity index (χ0) is 18.5. The normalized spacial score (nSPS) is 20.6. The van der Waals surface area contributed by atoms with Gasteiger partial charge in [0.25, 0.3) is 0 Å². The molecule has 1 aromatic rings. The van der Waals surface area contributed by atoms with Crippen molar-refractivity contribution in [2.24, 2.45) is 0 Å². The van der Waals surface area contributed by atoms with Crippen LogP contribution in [0.5, 0.6) is 0 Å². The van der Waals surface area contributed by atoms with E-state index in [0.29, 0.717) is 13.1 Å². The Labute approximate surface area is 156 Å². The quantitative estimate of drug-likeness (QED) is 0.828. The second-order valence-electron chi connectivity index (χ2n) is 7.73. The number of anilines is 1. The van der Waals surface area contributed by atoms with Gasteiger partial charge in [-0.1, -0.05) is 0 Å². The molecular weight excluding hydrogens is 328 g/mol. The molecule has 7 nitrogen and oxygen atoms in total. The van der Waals surface area contributed by atoms with Gasteiger partial charge in [-0.15, -0.1) is 0 Å². The maximum absolute atomic E-state index is 12.5. The monoisotopic (exact) mass is 360 g/mol. The summed E-state index contributed by atoms with van der Waals surface area (Å²) in [6, 6.07) is 2.27. The number of carbonyl (C=O) groups excluding carboxylic acids is 1. The van der Waals surface area contributed by atoms with Gasteiger partial charge in [0.15, 0.2) is 0 Å². The van der Waals surface area contributed by atoms with Gasteiger partial charge >= 0.3 is 0 Å². The second kappa shape index (κ2) is 8.77. The number of amides is 1. The molecule has 2 aliphatic heterocycles. The number of piperidine rings is 1. The van der Waals surface area contributed by atoms with Crippen molar-refractivity contribution in [3.05, 3.63) is 17.6 Å². The van der Waals surface area contributed by atoms with E-state index in [1.54, 1.807) is 0 Å². The molecule has 144 valence electrons. The highest BCUT2D eigenvalue weighted by molar-refractivity contribution is 5.78. The van der Waals surface area contributed by atoms with Crippen molar-refractivity contribution in [1.29, 1.82) is 0 Å². The van der Waals surface area contributed by atoms with E-state index >= 15 is 0 Å². The Bertz CT molecular complexity index is 608. The predicted octanol–water partition coefficient (Wildman–Crippen LogP) is 1.41. The zero-order valence-corrected chi connectivity index (χ0v) is 16.4. The van der Waals surface area contributed by atoms with Gasteiger partial charge in [0.05, 0.1) is 18.3 Å². The van der Waals surface area contributed by atoms with E-state index in [4.69, 9.17) is 9.97 Å². The van der Waals surface area contributed by atoms with Gasteiger partial charge in [0.2, 0.25) is 5.91 Å². The molecule has 3 rings (SSSR count). The topological polar surface area (TPSA) is 64.6 Å². The Morgan fingerprint density at radius 1 is 1.19 bits per heavy atom. The fourth-order valence-electron chi connectivity index (χ4n) is 3.68. The molecule has 1 amide bonds. The number of likely N-dealkylation sites (tertiary alicyclic amines) is 1. The number of rotatable bonds is 6. The first-order chi connectivity index (χ1) is 12.5. The number of carbonyl (C=O) groups is 1. The van der Waals surface area contributed by atoms with Crippen LogP contribution < -0.4 is 10.2 Å². The first-order valence-corrected chi connectivity index (χ1v) is 9.78. The second-order valence-corrected chi connectivity index (χ2v) is 7.73. The zero-order valence-electron chi connectivity index (χ0n) is 16.4. The summed E-state index contributed by atoms with van der Waals surface area (Å²) in [7, 11) is 6.00. The Kier molecular flexibility index (Phi) is 6.43. The summed E-state index contributed by atoms with van der Waals surface area (Å²) in [6.07, 6.45) is 5.75. The fraction of sp³-hybridized carbons (Fsp3) is 0.737. The van der Waals surface area contributed by atoms with E-state index in [1.165, 1.54) is 12.8 Å². The average Bonchev–Trinajstić information content (AvgIpc) is 3.16. The van der Waals surface area contributed by atoms with Gasteiger partial charge in [-0.2, -0.15) is 0 Å². The Hall–Kier alpha value is -1.73. The third-order valence-electron chi connectivity index (χ3n) is 5.16. The molecule has 1 aromatic heterocycles. The van der Waals surface area contributed by atoms with Crippen molar-refractivity contribution in [3.8, 4) is 0 Å². The maximum Gasteiger partial charge on any atom is 0.236 e. The van der Waals surface area contributed by atoms with Crippen LogP contribution in [0, 0.1) is 0 Å². The molecule has 0 radical (unpaired) electrons. The summed E-state index contributed by atoms with van der Waals surface area (Å²) in [4.78, 5) is 28.1. The number of hydrogen-bond acceptors (Lipinski definition) is 6. The third-order valence-corrected chi connectivity index (χ3v) is 5.16. The standard InChI is InChI=1S/C19H32N6O/c1-23(2)17-12-15(21-19(22-17)16-8-7-9-20-16)13-24(3)14-18(26)25-10-5-4-6-11-25/h12,16,20H,4-11,13-14H2,1-3H3/t16-/m1/s1. The van der Waals surface area contributed by atoms with E-state index < -0.39 is 0 Å². The van der Waals surface area contributed by atoms with E-state index in [9.17, 15) is 4.79 Å². The summed E-state index contributed by atoms with van der Waals surface area (Å²) in [5.74, 6) is 2.03. The fourth-order valence-corrected chi connectivity index (χ4v) is 3.68. The van der Waals surface area contributed by atoms with Crippen LogP contribution in [0.2, 0.25) is 0 Å². The van der Waals surface area contributed by atoms with E-state index in [2.05, 4.69) is 10.2 Å². The highest BCUT2D eigenvalue weighted by Crippen LogP contribution is 2.22. The lowest BCUT2D eigenvalue weighted by Crippen LogP contribution is -2.41. The van der Waals surface area contributed by atoms with E-state index in [0.717, 1.165) is 56.2 Å². The molecule has 7 heteroatoms. The molecule has 2 saturated heterocycles. The number of nitrogens with zero attached hydrogens (tertiary/aromatic N) is 5. The minimum absolute atomic E-state index is 0.228. The molecule has 2 fully saturated rings. The SMILES string of the molecule is CN(CC(=O)N1CCCCC1)Cc1cc(N(C)C)nc([C@H]2CCCN2)n1. The van der Waals surface area contributed by atoms with Crippen LogP contribution in [0.3, 0.4) is 0 Å². The molecule has 26 heavy (non-hydrogen) atoms. The minimum Gasteiger partial charge on any atom is -0.363 e. The lowest BCUT2D eigenvalue weighted by Gasteiger charge is -2.28. The Morgan fingerprint density at radius 3 is 2.62 bits per heavy atom. The number of hydrogen-bond donors (Lipinski definition) is 1. The van der Waals surface area contributed by atoms with Crippen molar-refractivity contribution in [2.75, 3.05) is 52.2 Å². The molecule has 0 bridgehead atoms. The molecule has 0 saturated carbocycles. The van der Waals surface area contributed by atoms with Gasteiger partial charge < -0.3 is 15.1 Å². The molecule has 0 unspecified atom stereocenters. The van der Waals surface area contributed by atoms with Gasteiger partial charge in [-0.05, 0) is 45.7 Å². The number of likely N-dealkylation sites (N-methyl/N-ethyl adjacent to an activating group) is 1. The molecule has 1 atom stereocenters. The van der Waals surface area contributed by atoms with Gasteiger partial charge in [-0.3, -0.25) is 9.69 Å². The molecule has 0 aliphatic carbocycles. The first kappa shape index (κ1) is 19.0. The van der Waals surface area contributed by atoms with Crippen molar-refractivity contribution in [3.63, 3.8) is 0 Å². The molecule has 0 aromatic carbocycles. The smallest absolute Gasteiger partial charge is 0.236 e. The van der Waals surface area contributed by atoms with Crippen LogP contribution in [0.4, 0.5) is 5.82 Å². The van der Waals surface area contributed by atoms with Crippen molar-refractivity contribution >= 4 is 11.7 Å².